The third-order valence-corrected chi connectivity index (χ3v) is 6.67. The largest absolute Gasteiger partial charge is 0.317 e. The maximum absolute atomic E-state index is 3.65. The summed E-state index contributed by atoms with van der Waals surface area (Å²) in [5.74, 6) is 4.56. The van der Waals surface area contributed by atoms with E-state index in [0.29, 0.717) is 5.41 Å². The van der Waals surface area contributed by atoms with Gasteiger partial charge in [-0.15, -0.1) is 0 Å². The lowest BCUT2D eigenvalue weighted by atomic mass is 9.56. The minimum atomic E-state index is 0.497. The van der Waals surface area contributed by atoms with Crippen LogP contribution in [0.1, 0.15) is 73.1 Å². The Bertz CT molecular complexity index is 299. The molecular weight excluding hydrogens is 242 g/mol. The highest BCUT2D eigenvalue weighted by molar-refractivity contribution is 4.96. The van der Waals surface area contributed by atoms with Gasteiger partial charge in [0.05, 0.1) is 0 Å². The van der Waals surface area contributed by atoms with E-state index < -0.39 is 0 Å². The van der Waals surface area contributed by atoms with E-state index in [1.54, 1.807) is 0 Å². The van der Waals surface area contributed by atoms with Crippen LogP contribution in [0.3, 0.4) is 0 Å². The van der Waals surface area contributed by atoms with Gasteiger partial charge < -0.3 is 5.32 Å². The van der Waals surface area contributed by atoms with Crippen LogP contribution in [0.5, 0.6) is 0 Å². The predicted molar refractivity (Wildman–Crippen MR) is 88.8 cm³/mol. The van der Waals surface area contributed by atoms with Crippen LogP contribution in [-0.4, -0.2) is 13.1 Å². The van der Waals surface area contributed by atoms with Gasteiger partial charge in [0.2, 0.25) is 0 Å². The zero-order chi connectivity index (χ0) is 14.9. The van der Waals surface area contributed by atoms with Gasteiger partial charge >= 0.3 is 0 Å². The van der Waals surface area contributed by atoms with Gasteiger partial charge in [0, 0.05) is 6.04 Å². The van der Waals surface area contributed by atoms with Crippen molar-refractivity contribution >= 4 is 0 Å². The summed E-state index contributed by atoms with van der Waals surface area (Å²) in [6, 6.07) is 0.737. The summed E-state index contributed by atoms with van der Waals surface area (Å²) >= 11 is 0. The Morgan fingerprint density at radius 3 is 1.95 bits per heavy atom. The van der Waals surface area contributed by atoms with Crippen LogP contribution in [0.25, 0.3) is 0 Å². The summed E-state index contributed by atoms with van der Waals surface area (Å²) in [6.07, 6.45) is 8.61. The Morgan fingerprint density at radius 1 is 0.800 bits per heavy atom. The maximum Gasteiger partial charge on any atom is 0.0100 e. The molecule has 0 radical (unpaired) electrons. The molecule has 1 nitrogen and oxygen atoms in total. The second-order valence-corrected chi connectivity index (χ2v) is 8.86. The summed E-state index contributed by atoms with van der Waals surface area (Å²) in [4.78, 5) is 0. The minimum absolute atomic E-state index is 0.497. The second-order valence-electron chi connectivity index (χ2n) is 8.86. The summed E-state index contributed by atoms with van der Waals surface area (Å²) in [5, 5.41) is 3.65. The molecule has 118 valence electrons. The molecule has 0 bridgehead atoms. The highest BCUT2D eigenvalue weighted by Crippen LogP contribution is 2.50. The molecule has 0 aromatic rings. The lowest BCUT2D eigenvalue weighted by Crippen LogP contribution is -2.49. The normalized spacial score (nSPS) is 43.5. The average Bonchev–Trinajstić information content (AvgIpc) is 2.37. The maximum atomic E-state index is 3.65. The molecular formula is C19H37N. The van der Waals surface area contributed by atoms with Crippen molar-refractivity contribution in [2.45, 2.75) is 79.2 Å². The Balaban J connectivity index is 2.11. The third kappa shape index (κ3) is 3.40. The fraction of sp³-hybridized carbons (Fsp3) is 1.00. The van der Waals surface area contributed by atoms with Crippen LogP contribution >= 0.6 is 0 Å². The lowest BCUT2D eigenvalue weighted by molar-refractivity contribution is 0.00714. The molecule has 0 heterocycles. The van der Waals surface area contributed by atoms with E-state index in [9.17, 15) is 0 Å². The predicted octanol–water partition coefficient (Wildman–Crippen LogP) is 5.11. The molecule has 5 atom stereocenters. The van der Waals surface area contributed by atoms with E-state index in [1.807, 2.05) is 0 Å². The molecule has 2 aliphatic rings. The quantitative estimate of drug-likeness (QED) is 0.757. The van der Waals surface area contributed by atoms with Gasteiger partial charge in [-0.1, -0.05) is 41.0 Å². The van der Waals surface area contributed by atoms with Gasteiger partial charge in [-0.3, -0.25) is 0 Å². The van der Waals surface area contributed by atoms with Gasteiger partial charge in [-0.2, -0.15) is 0 Å². The monoisotopic (exact) mass is 279 g/mol. The van der Waals surface area contributed by atoms with Gasteiger partial charge in [-0.25, -0.2) is 0 Å². The van der Waals surface area contributed by atoms with Gasteiger partial charge in [-0.05, 0) is 74.2 Å². The Morgan fingerprint density at radius 2 is 1.40 bits per heavy atom. The fourth-order valence-electron chi connectivity index (χ4n) is 5.45. The lowest BCUT2D eigenvalue weighted by Gasteiger charge is -2.50. The number of hydrogen-bond donors (Lipinski definition) is 1. The molecule has 1 heteroatoms. The van der Waals surface area contributed by atoms with Crippen LogP contribution < -0.4 is 5.32 Å². The SMILES string of the molecule is CNC1CC(C)CCC1C(C)(C)C1CC(C)CC(C)C1. The summed E-state index contributed by atoms with van der Waals surface area (Å²) in [7, 11) is 2.18. The van der Waals surface area contributed by atoms with Gasteiger partial charge in [0.25, 0.3) is 0 Å². The molecule has 5 unspecified atom stereocenters. The van der Waals surface area contributed by atoms with E-state index in [1.165, 1.54) is 38.5 Å². The topological polar surface area (TPSA) is 12.0 Å². The molecule has 0 amide bonds. The minimum Gasteiger partial charge on any atom is -0.317 e. The molecule has 2 rings (SSSR count). The van der Waals surface area contributed by atoms with E-state index in [2.05, 4.69) is 47.0 Å². The smallest absolute Gasteiger partial charge is 0.0100 e. The van der Waals surface area contributed by atoms with Crippen molar-refractivity contribution in [2.24, 2.45) is 35.0 Å². The summed E-state index contributed by atoms with van der Waals surface area (Å²) < 4.78 is 0. The molecule has 0 aromatic heterocycles. The third-order valence-electron chi connectivity index (χ3n) is 6.67. The molecule has 1 N–H and O–H groups in total. The molecule has 0 spiro atoms. The standard InChI is InChI=1S/C19H37N/c1-13-7-8-17(18(12-13)20-6)19(4,5)16-10-14(2)9-15(3)11-16/h13-18,20H,7-12H2,1-6H3. The Hall–Kier alpha value is -0.0400. The van der Waals surface area contributed by atoms with Crippen LogP contribution in [0.4, 0.5) is 0 Å². The second kappa shape index (κ2) is 6.38. The van der Waals surface area contributed by atoms with Crippen molar-refractivity contribution < 1.29 is 0 Å². The zero-order valence-corrected chi connectivity index (χ0v) is 14.7. The van der Waals surface area contributed by atoms with Crippen molar-refractivity contribution in [2.75, 3.05) is 7.05 Å². The van der Waals surface area contributed by atoms with Crippen molar-refractivity contribution in [3.05, 3.63) is 0 Å². The first kappa shape index (κ1) is 16.3. The van der Waals surface area contributed by atoms with Crippen LogP contribution in [0, 0.1) is 35.0 Å². The van der Waals surface area contributed by atoms with Crippen molar-refractivity contribution in [3.8, 4) is 0 Å². The molecule has 2 saturated carbocycles. The van der Waals surface area contributed by atoms with E-state index >= 15 is 0 Å². The number of rotatable bonds is 3. The fourth-order valence-corrected chi connectivity index (χ4v) is 5.45. The Kier molecular flexibility index (Phi) is 5.21. The molecule has 0 aromatic carbocycles. The van der Waals surface area contributed by atoms with Crippen LogP contribution in [0.15, 0.2) is 0 Å². The molecule has 2 fully saturated rings. The first-order valence-electron chi connectivity index (χ1n) is 9.01. The highest BCUT2D eigenvalue weighted by atomic mass is 14.9. The van der Waals surface area contributed by atoms with E-state index in [4.69, 9.17) is 0 Å². The summed E-state index contributed by atoms with van der Waals surface area (Å²) in [6.45, 7) is 12.5. The van der Waals surface area contributed by atoms with Gasteiger partial charge in [0.1, 0.15) is 0 Å². The van der Waals surface area contributed by atoms with Crippen molar-refractivity contribution in [1.82, 2.24) is 5.32 Å². The Labute approximate surface area is 127 Å². The van der Waals surface area contributed by atoms with Crippen LogP contribution in [0.2, 0.25) is 0 Å². The van der Waals surface area contributed by atoms with Crippen molar-refractivity contribution in [1.29, 1.82) is 0 Å². The molecule has 20 heavy (non-hydrogen) atoms. The zero-order valence-electron chi connectivity index (χ0n) is 14.7. The van der Waals surface area contributed by atoms with Crippen molar-refractivity contribution in [3.63, 3.8) is 0 Å². The first-order chi connectivity index (χ1) is 9.34. The first-order valence-corrected chi connectivity index (χ1v) is 9.01. The molecule has 2 aliphatic carbocycles. The van der Waals surface area contributed by atoms with Gasteiger partial charge in [0.15, 0.2) is 0 Å². The number of nitrogens with one attached hydrogen (secondary N) is 1. The highest BCUT2D eigenvalue weighted by Gasteiger charge is 2.44. The average molecular weight is 280 g/mol. The van der Waals surface area contributed by atoms with E-state index in [0.717, 1.165) is 35.6 Å². The summed E-state index contributed by atoms with van der Waals surface area (Å²) in [5.41, 5.74) is 0.497. The molecule has 0 saturated heterocycles. The molecule has 0 aliphatic heterocycles. The van der Waals surface area contributed by atoms with E-state index in [-0.39, 0.29) is 0 Å². The van der Waals surface area contributed by atoms with Crippen LogP contribution in [-0.2, 0) is 0 Å². The number of hydrogen-bond acceptors (Lipinski definition) is 1.